The normalized spacial score (nSPS) is 11.3. The van der Waals surface area contributed by atoms with Crippen LogP contribution in [0.5, 0.6) is 0 Å². The van der Waals surface area contributed by atoms with E-state index in [9.17, 15) is 0 Å². The van der Waals surface area contributed by atoms with Gasteiger partial charge in [0, 0.05) is 29.5 Å². The summed E-state index contributed by atoms with van der Waals surface area (Å²) in [6.07, 6.45) is 0. The predicted molar refractivity (Wildman–Crippen MR) is 69.5 cm³/mol. The van der Waals surface area contributed by atoms with Crippen molar-refractivity contribution in [2.45, 2.75) is 19.2 Å². The molecule has 0 aliphatic carbocycles. The maximum Gasteiger partial charge on any atom is 0.107 e. The zero-order valence-corrected chi connectivity index (χ0v) is 11.2. The molecule has 0 saturated heterocycles. The molecule has 5 heteroatoms. The highest BCUT2D eigenvalue weighted by Gasteiger charge is 2.07. The van der Waals surface area contributed by atoms with E-state index >= 15 is 0 Å². The number of nitrogens with zero attached hydrogens (tertiary/aromatic N) is 2. The van der Waals surface area contributed by atoms with E-state index in [1.54, 1.807) is 11.3 Å². The zero-order valence-electron chi connectivity index (χ0n) is 9.62. The molecule has 1 aromatic heterocycles. The van der Waals surface area contributed by atoms with Gasteiger partial charge in [-0.2, -0.15) is 11.8 Å². The van der Waals surface area contributed by atoms with Gasteiger partial charge in [0.1, 0.15) is 5.01 Å². The maximum atomic E-state index is 5.46. The van der Waals surface area contributed by atoms with Crippen LogP contribution in [0.1, 0.15) is 15.6 Å². The molecule has 0 saturated carbocycles. The summed E-state index contributed by atoms with van der Waals surface area (Å²) in [7, 11) is 4.14. The first-order valence-corrected chi connectivity index (χ1v) is 6.98. The van der Waals surface area contributed by atoms with Gasteiger partial charge in [-0.05, 0) is 21.0 Å². The molecule has 0 atom stereocenters. The smallest absolute Gasteiger partial charge is 0.107 e. The number of thioether (sulfide) groups is 1. The third-order valence-electron chi connectivity index (χ3n) is 1.89. The fourth-order valence-corrected chi connectivity index (χ4v) is 3.16. The molecule has 1 rings (SSSR count). The zero-order chi connectivity index (χ0) is 11.3. The molecule has 0 fully saturated rings. The van der Waals surface area contributed by atoms with Crippen molar-refractivity contribution in [3.05, 3.63) is 15.6 Å². The van der Waals surface area contributed by atoms with Gasteiger partial charge in [0.15, 0.2) is 0 Å². The van der Waals surface area contributed by atoms with E-state index in [1.165, 1.54) is 15.6 Å². The van der Waals surface area contributed by atoms with Gasteiger partial charge in [0.05, 0.1) is 5.69 Å². The Labute approximate surface area is 100 Å². The van der Waals surface area contributed by atoms with Crippen molar-refractivity contribution in [3.8, 4) is 0 Å². The number of nitrogens with two attached hydrogens (primary N) is 1. The summed E-state index contributed by atoms with van der Waals surface area (Å²) in [5.74, 6) is 2.01. The Morgan fingerprint density at radius 3 is 2.80 bits per heavy atom. The van der Waals surface area contributed by atoms with Crippen LogP contribution >= 0.6 is 23.1 Å². The third-order valence-corrected chi connectivity index (χ3v) is 3.89. The minimum atomic E-state index is 0.748. The molecule has 0 aliphatic rings. The van der Waals surface area contributed by atoms with Crippen molar-refractivity contribution in [3.63, 3.8) is 0 Å². The van der Waals surface area contributed by atoms with Gasteiger partial charge in [0.2, 0.25) is 0 Å². The molecule has 0 amide bonds. The maximum absolute atomic E-state index is 5.46. The van der Waals surface area contributed by atoms with Crippen LogP contribution in [-0.2, 0) is 12.3 Å². The van der Waals surface area contributed by atoms with Crippen molar-refractivity contribution in [2.24, 2.45) is 5.73 Å². The first kappa shape index (κ1) is 13.0. The van der Waals surface area contributed by atoms with Crippen molar-refractivity contribution >= 4 is 23.1 Å². The molecule has 1 aromatic rings. The van der Waals surface area contributed by atoms with Crippen LogP contribution in [0.15, 0.2) is 0 Å². The second-order valence-electron chi connectivity index (χ2n) is 3.69. The van der Waals surface area contributed by atoms with E-state index in [2.05, 4.69) is 30.9 Å². The number of rotatable bonds is 6. The lowest BCUT2D eigenvalue weighted by Gasteiger charge is -2.04. The monoisotopic (exact) mass is 245 g/mol. The number of aryl methyl sites for hydroxylation is 1. The second-order valence-corrected chi connectivity index (χ2v) is 6.08. The first-order valence-electron chi connectivity index (χ1n) is 5.01. The SMILES string of the molecule is Cc1sc(CN(C)C)nc1CSCCN. The first-order chi connectivity index (χ1) is 7.13. The summed E-state index contributed by atoms with van der Waals surface area (Å²) in [5.41, 5.74) is 6.69. The average molecular weight is 245 g/mol. The van der Waals surface area contributed by atoms with E-state index in [-0.39, 0.29) is 0 Å². The average Bonchev–Trinajstić information content (AvgIpc) is 2.46. The largest absolute Gasteiger partial charge is 0.330 e. The lowest BCUT2D eigenvalue weighted by molar-refractivity contribution is 0.401. The molecule has 2 N–H and O–H groups in total. The third kappa shape index (κ3) is 4.51. The summed E-state index contributed by atoms with van der Waals surface area (Å²) in [6, 6.07) is 0. The lowest BCUT2D eigenvalue weighted by Crippen LogP contribution is -2.10. The highest BCUT2D eigenvalue weighted by atomic mass is 32.2. The molecule has 15 heavy (non-hydrogen) atoms. The van der Waals surface area contributed by atoms with Crippen LogP contribution < -0.4 is 5.73 Å². The van der Waals surface area contributed by atoms with E-state index < -0.39 is 0 Å². The van der Waals surface area contributed by atoms with Crippen LogP contribution in [-0.4, -0.2) is 36.3 Å². The minimum absolute atomic E-state index is 0.748. The van der Waals surface area contributed by atoms with Crippen molar-refractivity contribution in [1.82, 2.24) is 9.88 Å². The van der Waals surface area contributed by atoms with Gasteiger partial charge in [-0.15, -0.1) is 11.3 Å². The predicted octanol–water partition coefficient (Wildman–Crippen LogP) is 1.71. The highest BCUT2D eigenvalue weighted by Crippen LogP contribution is 2.22. The Kier molecular flexibility index (Phi) is 5.60. The van der Waals surface area contributed by atoms with Crippen molar-refractivity contribution in [1.29, 1.82) is 0 Å². The summed E-state index contributed by atoms with van der Waals surface area (Å²) < 4.78 is 0. The Morgan fingerprint density at radius 1 is 1.47 bits per heavy atom. The number of hydrogen-bond donors (Lipinski definition) is 1. The number of hydrogen-bond acceptors (Lipinski definition) is 5. The van der Waals surface area contributed by atoms with Crippen LogP contribution in [0.3, 0.4) is 0 Å². The van der Waals surface area contributed by atoms with Crippen LogP contribution in [0, 0.1) is 6.92 Å². The molecular formula is C10H19N3S2. The van der Waals surface area contributed by atoms with Crippen LogP contribution in [0.4, 0.5) is 0 Å². The Balaban J connectivity index is 2.53. The molecule has 3 nitrogen and oxygen atoms in total. The fraction of sp³-hybridized carbons (Fsp3) is 0.700. The van der Waals surface area contributed by atoms with Gasteiger partial charge in [-0.3, -0.25) is 0 Å². The number of aromatic nitrogens is 1. The van der Waals surface area contributed by atoms with Crippen LogP contribution in [0.25, 0.3) is 0 Å². The lowest BCUT2D eigenvalue weighted by atomic mass is 10.4. The Morgan fingerprint density at radius 2 is 2.20 bits per heavy atom. The summed E-state index contributed by atoms with van der Waals surface area (Å²) in [5, 5.41) is 1.21. The van der Waals surface area contributed by atoms with E-state index in [4.69, 9.17) is 5.73 Å². The number of thiazole rings is 1. The standard InChI is InChI=1S/C10H19N3S2/c1-8-9(7-14-5-4-11)12-10(15-8)6-13(2)3/h4-7,11H2,1-3H3. The molecule has 0 unspecified atom stereocenters. The summed E-state index contributed by atoms with van der Waals surface area (Å²) in [4.78, 5) is 8.13. The molecule has 1 heterocycles. The molecule has 0 aliphatic heterocycles. The van der Waals surface area contributed by atoms with Gasteiger partial charge >= 0.3 is 0 Å². The van der Waals surface area contributed by atoms with Crippen molar-refractivity contribution in [2.75, 3.05) is 26.4 Å². The van der Waals surface area contributed by atoms with Crippen molar-refractivity contribution < 1.29 is 0 Å². The highest BCUT2D eigenvalue weighted by molar-refractivity contribution is 7.98. The topological polar surface area (TPSA) is 42.2 Å². The summed E-state index contributed by atoms with van der Waals surface area (Å²) in [6.45, 7) is 3.83. The fourth-order valence-electron chi connectivity index (χ4n) is 1.21. The molecule has 0 aromatic carbocycles. The quantitative estimate of drug-likeness (QED) is 0.775. The van der Waals surface area contributed by atoms with E-state index in [1.807, 2.05) is 11.8 Å². The van der Waals surface area contributed by atoms with Gasteiger partial charge < -0.3 is 10.6 Å². The van der Waals surface area contributed by atoms with E-state index in [0.717, 1.165) is 24.6 Å². The molecular weight excluding hydrogens is 226 g/mol. The van der Waals surface area contributed by atoms with Gasteiger partial charge in [-0.1, -0.05) is 0 Å². The molecule has 0 radical (unpaired) electrons. The Hall–Kier alpha value is -0.100. The molecule has 0 bridgehead atoms. The summed E-state index contributed by atoms with van der Waals surface area (Å²) >= 11 is 3.66. The molecule has 86 valence electrons. The van der Waals surface area contributed by atoms with Gasteiger partial charge in [0.25, 0.3) is 0 Å². The van der Waals surface area contributed by atoms with Crippen LogP contribution in [0.2, 0.25) is 0 Å². The second kappa shape index (κ2) is 6.48. The van der Waals surface area contributed by atoms with E-state index in [0.29, 0.717) is 0 Å². The molecule has 0 spiro atoms. The minimum Gasteiger partial charge on any atom is -0.330 e. The van der Waals surface area contributed by atoms with Gasteiger partial charge in [-0.25, -0.2) is 4.98 Å². The Bertz CT molecular complexity index is 297.